The Balaban J connectivity index is 1.90. The van der Waals surface area contributed by atoms with E-state index in [1.165, 1.54) is 11.3 Å². The first-order valence-electron chi connectivity index (χ1n) is 11.2. The zero-order valence-electron chi connectivity index (χ0n) is 20.1. The topological polar surface area (TPSA) is 79.1 Å². The second kappa shape index (κ2) is 11.1. The van der Waals surface area contributed by atoms with E-state index in [-0.39, 0.29) is 12.2 Å². The Bertz CT molecular complexity index is 1520. The summed E-state index contributed by atoms with van der Waals surface area (Å²) in [5.41, 5.74) is 2.13. The summed E-state index contributed by atoms with van der Waals surface area (Å²) >= 11 is 4.81. The molecule has 186 valence electrons. The van der Waals surface area contributed by atoms with Gasteiger partial charge in [0.1, 0.15) is 18.1 Å². The summed E-state index contributed by atoms with van der Waals surface area (Å²) < 4.78 is 19.1. The van der Waals surface area contributed by atoms with Crippen molar-refractivity contribution in [1.29, 1.82) is 0 Å². The fourth-order valence-electron chi connectivity index (χ4n) is 3.91. The van der Waals surface area contributed by atoms with Crippen LogP contribution < -0.4 is 24.4 Å². The summed E-state index contributed by atoms with van der Waals surface area (Å²) in [4.78, 5) is 31.9. The highest BCUT2D eigenvalue weighted by atomic mass is 79.9. The largest absolute Gasteiger partial charge is 0.497 e. The van der Waals surface area contributed by atoms with Gasteiger partial charge in [-0.1, -0.05) is 52.1 Å². The minimum atomic E-state index is -0.690. The number of aromatic nitrogens is 1. The number of ether oxygens (including phenoxy) is 3. The van der Waals surface area contributed by atoms with Crippen molar-refractivity contribution in [3.8, 4) is 11.5 Å². The first-order chi connectivity index (χ1) is 17.4. The first-order valence-corrected chi connectivity index (χ1v) is 12.9. The van der Waals surface area contributed by atoms with Gasteiger partial charge >= 0.3 is 5.97 Å². The third-order valence-electron chi connectivity index (χ3n) is 5.57. The highest BCUT2D eigenvalue weighted by Crippen LogP contribution is 2.31. The molecule has 0 fully saturated rings. The molecule has 1 aliphatic heterocycles. The van der Waals surface area contributed by atoms with Crippen LogP contribution in [0.4, 0.5) is 0 Å². The Morgan fingerprint density at radius 3 is 2.61 bits per heavy atom. The van der Waals surface area contributed by atoms with Crippen molar-refractivity contribution in [3.63, 3.8) is 0 Å². The number of fused-ring (bicyclic) bond motifs is 1. The number of benzene rings is 2. The number of hydrogen-bond acceptors (Lipinski definition) is 7. The molecule has 0 aliphatic carbocycles. The average Bonchev–Trinajstić information content (AvgIpc) is 3.17. The lowest BCUT2D eigenvalue weighted by Gasteiger charge is -2.24. The van der Waals surface area contributed by atoms with Crippen molar-refractivity contribution < 1.29 is 19.0 Å². The van der Waals surface area contributed by atoms with E-state index < -0.39 is 12.0 Å². The second-order valence-corrected chi connectivity index (χ2v) is 9.72. The van der Waals surface area contributed by atoms with Crippen molar-refractivity contribution in [1.82, 2.24) is 4.57 Å². The van der Waals surface area contributed by atoms with Gasteiger partial charge in [0.15, 0.2) is 4.80 Å². The van der Waals surface area contributed by atoms with Gasteiger partial charge in [-0.3, -0.25) is 9.36 Å². The monoisotopic (exact) mass is 568 g/mol. The third-order valence-corrected chi connectivity index (χ3v) is 7.28. The molecular weight excluding hydrogens is 544 g/mol. The van der Waals surface area contributed by atoms with Crippen molar-refractivity contribution in [2.24, 2.45) is 4.99 Å². The molecule has 4 rings (SSSR count). The van der Waals surface area contributed by atoms with Crippen molar-refractivity contribution in [2.75, 3.05) is 20.3 Å². The molecule has 2 aromatic carbocycles. The molecule has 0 spiro atoms. The third kappa shape index (κ3) is 5.08. The SMILES string of the molecule is C=CCOc1ccc([C@@H]2C(C(=O)OCC)=C(C)N=c3s/c(=C\c4cc(OC)ccc4Br)c(=O)n32)cc1. The van der Waals surface area contributed by atoms with E-state index in [1.54, 1.807) is 49.8 Å². The number of nitrogens with zero attached hydrogens (tertiary/aromatic N) is 2. The van der Waals surface area contributed by atoms with Crippen molar-refractivity contribution in [2.45, 2.75) is 19.9 Å². The molecule has 0 unspecified atom stereocenters. The van der Waals surface area contributed by atoms with Crippen LogP contribution in [0.25, 0.3) is 6.08 Å². The van der Waals surface area contributed by atoms with E-state index in [4.69, 9.17) is 14.2 Å². The number of esters is 1. The smallest absolute Gasteiger partial charge is 0.338 e. The van der Waals surface area contributed by atoms with Crippen LogP contribution in [-0.2, 0) is 9.53 Å². The number of carbonyl (C=O) groups excluding carboxylic acids is 1. The molecule has 1 aliphatic rings. The molecule has 0 amide bonds. The molecule has 3 aromatic rings. The van der Waals surface area contributed by atoms with E-state index in [9.17, 15) is 9.59 Å². The molecule has 0 N–H and O–H groups in total. The maximum absolute atomic E-state index is 13.7. The summed E-state index contributed by atoms with van der Waals surface area (Å²) in [5, 5.41) is 0. The molecule has 0 saturated heterocycles. The lowest BCUT2D eigenvalue weighted by atomic mass is 9.96. The molecule has 1 atom stereocenters. The zero-order valence-corrected chi connectivity index (χ0v) is 22.5. The predicted octanol–water partition coefficient (Wildman–Crippen LogP) is 4.13. The quantitative estimate of drug-likeness (QED) is 0.301. The van der Waals surface area contributed by atoms with Gasteiger partial charge in [-0.15, -0.1) is 0 Å². The minimum absolute atomic E-state index is 0.213. The number of allylic oxidation sites excluding steroid dienone is 1. The Morgan fingerprint density at radius 1 is 1.22 bits per heavy atom. The van der Waals surface area contributed by atoms with Crippen LogP contribution in [0.3, 0.4) is 0 Å². The van der Waals surface area contributed by atoms with Gasteiger partial charge in [0.05, 0.1) is 35.6 Å². The number of carbonyl (C=O) groups is 1. The van der Waals surface area contributed by atoms with Gasteiger partial charge in [-0.05, 0) is 61.4 Å². The van der Waals surface area contributed by atoms with E-state index in [2.05, 4.69) is 27.5 Å². The molecule has 0 radical (unpaired) electrons. The fourth-order valence-corrected chi connectivity index (χ4v) is 5.31. The van der Waals surface area contributed by atoms with Crippen LogP contribution >= 0.6 is 27.3 Å². The van der Waals surface area contributed by atoms with E-state index >= 15 is 0 Å². The van der Waals surface area contributed by atoms with Crippen LogP contribution in [0.15, 0.2) is 80.6 Å². The highest BCUT2D eigenvalue weighted by Gasteiger charge is 2.33. The van der Waals surface area contributed by atoms with Gasteiger partial charge in [0, 0.05) is 4.47 Å². The summed E-state index contributed by atoms with van der Waals surface area (Å²) in [6, 6.07) is 12.2. The molecule has 7 nitrogen and oxygen atoms in total. The lowest BCUT2D eigenvalue weighted by Crippen LogP contribution is -2.39. The van der Waals surface area contributed by atoms with Crippen LogP contribution in [0.1, 0.15) is 31.0 Å². The van der Waals surface area contributed by atoms with Gasteiger partial charge in [0.2, 0.25) is 0 Å². The van der Waals surface area contributed by atoms with E-state index in [0.29, 0.717) is 38.7 Å². The Kier molecular flexibility index (Phi) is 7.91. The maximum Gasteiger partial charge on any atom is 0.338 e. The van der Waals surface area contributed by atoms with E-state index in [0.717, 1.165) is 15.6 Å². The number of hydrogen-bond donors (Lipinski definition) is 0. The Hall–Kier alpha value is -3.43. The van der Waals surface area contributed by atoms with Gasteiger partial charge in [-0.2, -0.15) is 0 Å². The van der Waals surface area contributed by atoms with Gasteiger partial charge < -0.3 is 14.2 Å². The molecule has 0 saturated carbocycles. The standard InChI is InChI=1S/C27H25BrN2O5S/c1-5-13-35-19-9-7-17(8-10-19)24-23(26(32)34-6-2)16(3)29-27-30(24)25(31)22(36-27)15-18-14-20(33-4)11-12-21(18)28/h5,7-12,14-15,24H,1,6,13H2,2-4H3/b22-15-/t24-/m1/s1. The summed E-state index contributed by atoms with van der Waals surface area (Å²) in [6.45, 7) is 7.76. The van der Waals surface area contributed by atoms with Crippen molar-refractivity contribution >= 4 is 39.3 Å². The molecule has 0 bridgehead atoms. The second-order valence-electron chi connectivity index (χ2n) is 7.86. The number of methoxy groups -OCH3 is 1. The molecule has 9 heteroatoms. The number of rotatable bonds is 8. The molecule has 36 heavy (non-hydrogen) atoms. The number of thiazole rings is 1. The maximum atomic E-state index is 13.7. The zero-order chi connectivity index (χ0) is 25.8. The Labute approximate surface area is 220 Å². The average molecular weight is 569 g/mol. The number of halogens is 1. The molecule has 2 heterocycles. The summed E-state index contributed by atoms with van der Waals surface area (Å²) in [7, 11) is 1.59. The van der Waals surface area contributed by atoms with Crippen LogP contribution in [0.5, 0.6) is 11.5 Å². The summed E-state index contributed by atoms with van der Waals surface area (Å²) in [5.74, 6) is 0.835. The van der Waals surface area contributed by atoms with Crippen LogP contribution in [0.2, 0.25) is 0 Å². The molecular formula is C27H25BrN2O5S. The van der Waals surface area contributed by atoms with Gasteiger partial charge in [0.25, 0.3) is 5.56 Å². The lowest BCUT2D eigenvalue weighted by molar-refractivity contribution is -0.139. The van der Waals surface area contributed by atoms with Crippen molar-refractivity contribution in [3.05, 3.63) is 102 Å². The van der Waals surface area contributed by atoms with Crippen LogP contribution in [-0.4, -0.2) is 30.9 Å². The predicted molar refractivity (Wildman–Crippen MR) is 143 cm³/mol. The first kappa shape index (κ1) is 25.7. The highest BCUT2D eigenvalue weighted by molar-refractivity contribution is 9.10. The molecule has 1 aromatic heterocycles. The Morgan fingerprint density at radius 2 is 1.94 bits per heavy atom. The van der Waals surface area contributed by atoms with Gasteiger partial charge in [-0.25, -0.2) is 9.79 Å². The normalized spacial score (nSPS) is 15.2. The minimum Gasteiger partial charge on any atom is -0.497 e. The van der Waals surface area contributed by atoms with Crippen LogP contribution in [0, 0.1) is 0 Å². The fraction of sp³-hybridized carbons (Fsp3) is 0.222. The summed E-state index contributed by atoms with van der Waals surface area (Å²) in [6.07, 6.45) is 3.46. The van der Waals surface area contributed by atoms with E-state index in [1.807, 2.05) is 30.3 Å².